The van der Waals surface area contributed by atoms with Crippen LogP contribution in [0.5, 0.6) is 0 Å². The molecule has 0 aromatic carbocycles. The van der Waals surface area contributed by atoms with Crippen molar-refractivity contribution < 1.29 is 0 Å². The first-order valence-electron chi connectivity index (χ1n) is 7.63. The molecule has 3 aromatic heterocycles. The second kappa shape index (κ2) is 6.56. The van der Waals surface area contributed by atoms with Gasteiger partial charge in [0.05, 0.1) is 5.69 Å². The number of H-pyrrole nitrogens is 1. The zero-order valence-corrected chi connectivity index (χ0v) is 13.5. The minimum atomic E-state index is 0.216. The van der Waals surface area contributed by atoms with Gasteiger partial charge in [0.25, 0.3) is 0 Å². The lowest BCUT2D eigenvalue weighted by Gasteiger charge is -2.14. The predicted octanol–water partition coefficient (Wildman–Crippen LogP) is 2.92. The van der Waals surface area contributed by atoms with E-state index in [2.05, 4.69) is 43.5 Å². The van der Waals surface area contributed by atoms with Crippen LogP contribution < -0.4 is 5.32 Å². The van der Waals surface area contributed by atoms with E-state index in [0.717, 1.165) is 34.9 Å². The molecule has 0 fully saturated rings. The third-order valence-electron chi connectivity index (χ3n) is 3.44. The molecule has 0 aliphatic heterocycles. The van der Waals surface area contributed by atoms with Crippen molar-refractivity contribution in [3.05, 3.63) is 53.7 Å². The summed E-state index contributed by atoms with van der Waals surface area (Å²) in [5, 5.41) is 10.7. The van der Waals surface area contributed by atoms with Gasteiger partial charge < -0.3 is 5.32 Å². The summed E-state index contributed by atoms with van der Waals surface area (Å²) in [4.78, 5) is 13.2. The smallest absolute Gasteiger partial charge is 0.163 e. The Hall–Kier alpha value is -2.76. The van der Waals surface area contributed by atoms with Crippen molar-refractivity contribution in [2.45, 2.75) is 33.2 Å². The number of nitrogens with zero attached hydrogens (tertiary/aromatic N) is 4. The molecule has 3 aromatic rings. The number of hydrogen-bond acceptors (Lipinski definition) is 5. The van der Waals surface area contributed by atoms with Gasteiger partial charge >= 0.3 is 0 Å². The Kier molecular flexibility index (Phi) is 4.32. The van der Waals surface area contributed by atoms with Crippen molar-refractivity contribution in [3.8, 4) is 11.4 Å². The molecule has 0 radical (unpaired) electrons. The molecule has 0 spiro atoms. The van der Waals surface area contributed by atoms with Crippen molar-refractivity contribution in [3.63, 3.8) is 0 Å². The van der Waals surface area contributed by atoms with Gasteiger partial charge in [-0.3, -0.25) is 10.1 Å². The Labute approximate surface area is 135 Å². The van der Waals surface area contributed by atoms with E-state index in [1.165, 1.54) is 0 Å². The average Bonchev–Trinajstić information content (AvgIpc) is 2.92. The minimum absolute atomic E-state index is 0.216. The first-order valence-corrected chi connectivity index (χ1v) is 7.63. The van der Waals surface area contributed by atoms with Crippen LogP contribution in [0.3, 0.4) is 0 Å². The van der Waals surface area contributed by atoms with Crippen LogP contribution in [-0.4, -0.2) is 31.2 Å². The molecule has 23 heavy (non-hydrogen) atoms. The molecule has 2 N–H and O–H groups in total. The first-order chi connectivity index (χ1) is 11.1. The Bertz CT molecular complexity index is 781. The number of aromatic nitrogens is 5. The normalized spacial score (nSPS) is 12.1. The Balaban J connectivity index is 1.76. The largest absolute Gasteiger partial charge is 0.367 e. The van der Waals surface area contributed by atoms with Gasteiger partial charge in [0.1, 0.15) is 5.82 Å². The summed E-state index contributed by atoms with van der Waals surface area (Å²) in [5.74, 6) is 1.50. The predicted molar refractivity (Wildman–Crippen MR) is 90.1 cm³/mol. The number of rotatable bonds is 5. The molecule has 6 nitrogen and oxygen atoms in total. The third-order valence-corrected chi connectivity index (χ3v) is 3.44. The van der Waals surface area contributed by atoms with Crippen molar-refractivity contribution >= 4 is 5.82 Å². The highest BCUT2D eigenvalue weighted by Crippen LogP contribution is 2.17. The number of hydrogen-bond donors (Lipinski definition) is 2. The quantitative estimate of drug-likeness (QED) is 0.757. The number of aryl methyl sites for hydroxylation is 2. The number of anilines is 1. The van der Waals surface area contributed by atoms with Crippen molar-refractivity contribution in [2.75, 3.05) is 5.32 Å². The lowest BCUT2D eigenvalue weighted by atomic mass is 10.2. The maximum Gasteiger partial charge on any atom is 0.163 e. The van der Waals surface area contributed by atoms with Crippen LogP contribution in [0.2, 0.25) is 0 Å². The molecule has 0 aliphatic rings. The van der Waals surface area contributed by atoms with E-state index in [0.29, 0.717) is 5.82 Å². The first kappa shape index (κ1) is 15.1. The topological polar surface area (TPSA) is 79.4 Å². The lowest BCUT2D eigenvalue weighted by molar-refractivity contribution is 0.759. The van der Waals surface area contributed by atoms with Gasteiger partial charge in [-0.05, 0) is 39.0 Å². The summed E-state index contributed by atoms with van der Waals surface area (Å²) in [6.07, 6.45) is 4.34. The Morgan fingerprint density at radius 1 is 1.22 bits per heavy atom. The van der Waals surface area contributed by atoms with E-state index in [9.17, 15) is 0 Å². The molecule has 118 valence electrons. The van der Waals surface area contributed by atoms with Crippen molar-refractivity contribution in [1.29, 1.82) is 0 Å². The van der Waals surface area contributed by atoms with Gasteiger partial charge in [-0.2, -0.15) is 5.10 Å². The molecule has 1 atom stereocenters. The lowest BCUT2D eigenvalue weighted by Crippen LogP contribution is -2.19. The summed E-state index contributed by atoms with van der Waals surface area (Å²) in [6, 6.07) is 8.07. The van der Waals surface area contributed by atoms with Gasteiger partial charge in [0.2, 0.25) is 0 Å². The fraction of sp³-hybridized carbons (Fsp3) is 0.294. The highest BCUT2D eigenvalue weighted by molar-refractivity contribution is 5.56. The second-order valence-electron chi connectivity index (χ2n) is 5.75. The standard InChI is InChI=1S/C17H20N6/c1-11(7-15-8-13(3)22-23-15)19-16-9-12(2)20-17(21-16)14-5-4-6-18-10-14/h4-6,8-11H,7H2,1-3H3,(H,22,23)(H,19,20,21)/t11-/m0/s1. The minimum Gasteiger partial charge on any atom is -0.367 e. The Morgan fingerprint density at radius 2 is 2.09 bits per heavy atom. The van der Waals surface area contributed by atoms with Crippen LogP contribution in [0.4, 0.5) is 5.82 Å². The van der Waals surface area contributed by atoms with E-state index in [4.69, 9.17) is 0 Å². The number of nitrogens with one attached hydrogen (secondary N) is 2. The van der Waals surface area contributed by atoms with Crippen LogP contribution in [0.15, 0.2) is 36.7 Å². The summed E-state index contributed by atoms with van der Waals surface area (Å²) in [5.41, 5.74) is 3.95. The van der Waals surface area contributed by atoms with Gasteiger partial charge in [-0.15, -0.1) is 0 Å². The van der Waals surface area contributed by atoms with Crippen molar-refractivity contribution in [1.82, 2.24) is 25.1 Å². The number of aromatic amines is 1. The van der Waals surface area contributed by atoms with E-state index < -0.39 is 0 Å². The van der Waals surface area contributed by atoms with Crippen LogP contribution in [-0.2, 0) is 6.42 Å². The summed E-state index contributed by atoms with van der Waals surface area (Å²) < 4.78 is 0. The second-order valence-corrected chi connectivity index (χ2v) is 5.75. The molecule has 0 saturated heterocycles. The highest BCUT2D eigenvalue weighted by atomic mass is 15.1. The fourth-order valence-electron chi connectivity index (χ4n) is 2.46. The van der Waals surface area contributed by atoms with Crippen LogP contribution in [0, 0.1) is 13.8 Å². The molecule has 6 heteroatoms. The zero-order chi connectivity index (χ0) is 16.2. The van der Waals surface area contributed by atoms with Crippen molar-refractivity contribution in [2.24, 2.45) is 0 Å². The average molecular weight is 308 g/mol. The zero-order valence-electron chi connectivity index (χ0n) is 13.5. The molecule has 3 heterocycles. The summed E-state index contributed by atoms with van der Waals surface area (Å²) >= 11 is 0. The van der Waals surface area contributed by atoms with Crippen LogP contribution >= 0.6 is 0 Å². The molecule has 0 saturated carbocycles. The summed E-state index contributed by atoms with van der Waals surface area (Å²) in [7, 11) is 0. The molecule has 0 bridgehead atoms. The highest BCUT2D eigenvalue weighted by Gasteiger charge is 2.10. The van der Waals surface area contributed by atoms with Gasteiger partial charge in [0.15, 0.2) is 5.82 Å². The SMILES string of the molecule is Cc1cc(N[C@@H](C)Cc2cc(C)[nH]n2)nc(-c2cccnc2)n1. The molecule has 3 rings (SSSR count). The molecule has 0 aliphatic carbocycles. The summed E-state index contributed by atoms with van der Waals surface area (Å²) in [6.45, 7) is 6.09. The maximum atomic E-state index is 4.60. The molecular formula is C17H20N6. The van der Waals surface area contributed by atoms with Gasteiger partial charge in [0, 0.05) is 47.9 Å². The third kappa shape index (κ3) is 3.91. The monoisotopic (exact) mass is 308 g/mol. The van der Waals surface area contributed by atoms with E-state index in [1.807, 2.05) is 32.0 Å². The fourth-order valence-corrected chi connectivity index (χ4v) is 2.46. The van der Waals surface area contributed by atoms with E-state index in [1.54, 1.807) is 12.4 Å². The Morgan fingerprint density at radius 3 is 2.78 bits per heavy atom. The maximum absolute atomic E-state index is 4.60. The van der Waals surface area contributed by atoms with Crippen LogP contribution in [0.1, 0.15) is 24.0 Å². The molecular weight excluding hydrogens is 288 g/mol. The van der Waals surface area contributed by atoms with E-state index in [-0.39, 0.29) is 6.04 Å². The molecule has 0 unspecified atom stereocenters. The van der Waals surface area contributed by atoms with E-state index >= 15 is 0 Å². The van der Waals surface area contributed by atoms with Crippen LogP contribution in [0.25, 0.3) is 11.4 Å². The van der Waals surface area contributed by atoms with Gasteiger partial charge in [-0.25, -0.2) is 9.97 Å². The molecule has 0 amide bonds. The van der Waals surface area contributed by atoms with Gasteiger partial charge in [-0.1, -0.05) is 0 Å². The number of pyridine rings is 1.